The Morgan fingerprint density at radius 3 is 2.67 bits per heavy atom. The summed E-state index contributed by atoms with van der Waals surface area (Å²) in [6.07, 6.45) is 5.15. The molecule has 1 heterocycles. The second-order valence-corrected chi connectivity index (χ2v) is 5.33. The molecule has 1 fully saturated rings. The molecule has 18 heavy (non-hydrogen) atoms. The number of aromatic nitrogens is 2. The summed E-state index contributed by atoms with van der Waals surface area (Å²) in [5.74, 6) is 0.966. The minimum atomic E-state index is 0.261. The Bertz CT molecular complexity index is 396. The summed E-state index contributed by atoms with van der Waals surface area (Å²) >= 11 is 0. The second kappa shape index (κ2) is 5.74. The van der Waals surface area contributed by atoms with Gasteiger partial charge in [-0.3, -0.25) is 4.68 Å². The molecule has 0 aliphatic heterocycles. The highest BCUT2D eigenvalue weighted by molar-refractivity contribution is 5.32. The van der Waals surface area contributed by atoms with Crippen molar-refractivity contribution in [3.8, 4) is 5.75 Å². The van der Waals surface area contributed by atoms with Crippen molar-refractivity contribution in [3.63, 3.8) is 0 Å². The topological polar surface area (TPSA) is 39.1 Å². The van der Waals surface area contributed by atoms with Crippen molar-refractivity contribution in [1.82, 2.24) is 15.1 Å². The maximum atomic E-state index is 6.17. The molecule has 4 nitrogen and oxygen atoms in total. The van der Waals surface area contributed by atoms with E-state index in [1.54, 1.807) is 0 Å². The van der Waals surface area contributed by atoms with E-state index in [2.05, 4.69) is 24.3 Å². The van der Waals surface area contributed by atoms with Crippen molar-refractivity contribution in [1.29, 1.82) is 0 Å². The number of hydrogen-bond acceptors (Lipinski definition) is 3. The fraction of sp³-hybridized carbons (Fsp3) is 0.786. The van der Waals surface area contributed by atoms with Crippen molar-refractivity contribution in [3.05, 3.63) is 11.4 Å². The first kappa shape index (κ1) is 13.4. The molecule has 0 spiro atoms. The molecule has 1 aliphatic carbocycles. The maximum Gasteiger partial charge on any atom is 0.163 e. The van der Waals surface area contributed by atoms with Crippen molar-refractivity contribution in [2.24, 2.45) is 7.05 Å². The van der Waals surface area contributed by atoms with Gasteiger partial charge in [0.15, 0.2) is 5.75 Å². The molecule has 2 rings (SSSR count). The van der Waals surface area contributed by atoms with Crippen LogP contribution in [0.2, 0.25) is 0 Å². The van der Waals surface area contributed by atoms with Crippen LogP contribution >= 0.6 is 0 Å². The third kappa shape index (κ3) is 3.25. The van der Waals surface area contributed by atoms with E-state index < -0.39 is 0 Å². The van der Waals surface area contributed by atoms with Gasteiger partial charge in [0, 0.05) is 19.6 Å². The van der Waals surface area contributed by atoms with Crippen LogP contribution in [0, 0.1) is 13.8 Å². The van der Waals surface area contributed by atoms with E-state index in [0.29, 0.717) is 0 Å². The molecule has 1 unspecified atom stereocenters. The number of aryl methyl sites for hydroxylation is 2. The average molecular weight is 251 g/mol. The molecule has 4 heteroatoms. The van der Waals surface area contributed by atoms with E-state index in [9.17, 15) is 0 Å². The normalized spacial score (nSPS) is 16.9. The molecular weight excluding hydrogens is 226 g/mol. The van der Waals surface area contributed by atoms with Crippen LogP contribution in [-0.2, 0) is 7.05 Å². The van der Waals surface area contributed by atoms with Crippen LogP contribution in [0.3, 0.4) is 0 Å². The largest absolute Gasteiger partial charge is 0.485 e. The lowest BCUT2D eigenvalue weighted by atomic mass is 10.2. The van der Waals surface area contributed by atoms with Gasteiger partial charge in [0.1, 0.15) is 11.8 Å². The Morgan fingerprint density at radius 2 is 2.17 bits per heavy atom. The molecular formula is C14H25N3O. The minimum absolute atomic E-state index is 0.261. The zero-order valence-corrected chi connectivity index (χ0v) is 12.0. The smallest absolute Gasteiger partial charge is 0.163 e. The fourth-order valence-corrected chi connectivity index (χ4v) is 2.20. The Kier molecular flexibility index (Phi) is 4.27. The summed E-state index contributed by atoms with van der Waals surface area (Å²) in [5.41, 5.74) is 2.10. The van der Waals surface area contributed by atoms with Gasteiger partial charge in [0.05, 0.1) is 5.69 Å². The number of hydrogen-bond donors (Lipinski definition) is 1. The summed E-state index contributed by atoms with van der Waals surface area (Å²) in [6.45, 7) is 7.23. The van der Waals surface area contributed by atoms with Gasteiger partial charge in [-0.25, -0.2) is 0 Å². The van der Waals surface area contributed by atoms with Crippen molar-refractivity contribution >= 4 is 0 Å². The molecule has 1 aromatic heterocycles. The fourth-order valence-electron chi connectivity index (χ4n) is 2.20. The lowest BCUT2D eigenvalue weighted by molar-refractivity contribution is 0.183. The monoisotopic (exact) mass is 251 g/mol. The van der Waals surface area contributed by atoms with E-state index >= 15 is 0 Å². The van der Waals surface area contributed by atoms with Gasteiger partial charge in [0.25, 0.3) is 0 Å². The lowest BCUT2D eigenvalue weighted by Crippen LogP contribution is -2.32. The van der Waals surface area contributed by atoms with Crippen LogP contribution in [0.15, 0.2) is 0 Å². The lowest BCUT2D eigenvalue weighted by Gasteiger charge is -2.19. The number of nitrogens with zero attached hydrogens (tertiary/aromatic N) is 2. The summed E-state index contributed by atoms with van der Waals surface area (Å²) in [6, 6.07) is 0.740. The third-order valence-electron chi connectivity index (χ3n) is 3.55. The minimum Gasteiger partial charge on any atom is -0.485 e. The van der Waals surface area contributed by atoms with Gasteiger partial charge >= 0.3 is 0 Å². The first-order chi connectivity index (χ1) is 8.61. The number of ether oxygens (including phenoxy) is 1. The third-order valence-corrected chi connectivity index (χ3v) is 3.55. The second-order valence-electron chi connectivity index (χ2n) is 5.33. The van der Waals surface area contributed by atoms with Gasteiger partial charge in [-0.1, -0.05) is 13.3 Å². The molecule has 1 aliphatic rings. The SMILES string of the molecule is CCCC(CNC1CC1)Oc1c(C)nn(C)c1C. The Balaban J connectivity index is 1.97. The average Bonchev–Trinajstić information content (AvgIpc) is 3.11. The van der Waals surface area contributed by atoms with Gasteiger partial charge in [-0.2, -0.15) is 5.10 Å². The van der Waals surface area contributed by atoms with Crippen LogP contribution in [0.5, 0.6) is 5.75 Å². The summed E-state index contributed by atoms with van der Waals surface area (Å²) < 4.78 is 8.06. The summed E-state index contributed by atoms with van der Waals surface area (Å²) in [7, 11) is 1.96. The first-order valence-corrected chi connectivity index (χ1v) is 7.02. The Labute approximate surface area is 110 Å². The highest BCUT2D eigenvalue weighted by Crippen LogP contribution is 2.24. The molecule has 1 aromatic rings. The van der Waals surface area contributed by atoms with Crippen LogP contribution in [0.25, 0.3) is 0 Å². The van der Waals surface area contributed by atoms with Crippen molar-refractivity contribution in [2.45, 2.75) is 58.6 Å². The van der Waals surface area contributed by atoms with E-state index in [1.165, 1.54) is 12.8 Å². The standard InChI is InChI=1S/C14H25N3O/c1-5-6-13(9-15-12-7-8-12)18-14-10(2)16-17(4)11(14)3/h12-13,15H,5-9H2,1-4H3. The molecule has 0 aromatic carbocycles. The predicted molar refractivity (Wildman–Crippen MR) is 73.0 cm³/mol. The Hall–Kier alpha value is -1.03. The zero-order chi connectivity index (χ0) is 13.1. The molecule has 1 N–H and O–H groups in total. The van der Waals surface area contributed by atoms with E-state index in [1.807, 2.05) is 18.7 Å². The highest BCUT2D eigenvalue weighted by atomic mass is 16.5. The zero-order valence-electron chi connectivity index (χ0n) is 12.0. The molecule has 1 atom stereocenters. The van der Waals surface area contributed by atoms with E-state index in [0.717, 1.165) is 42.6 Å². The van der Waals surface area contributed by atoms with Crippen molar-refractivity contribution < 1.29 is 4.74 Å². The molecule has 1 saturated carbocycles. The van der Waals surface area contributed by atoms with Gasteiger partial charge in [0.2, 0.25) is 0 Å². The van der Waals surface area contributed by atoms with Gasteiger partial charge in [-0.15, -0.1) is 0 Å². The summed E-state index contributed by atoms with van der Waals surface area (Å²) in [5, 5.41) is 7.96. The van der Waals surface area contributed by atoms with Crippen molar-refractivity contribution in [2.75, 3.05) is 6.54 Å². The Morgan fingerprint density at radius 1 is 1.44 bits per heavy atom. The van der Waals surface area contributed by atoms with Crippen LogP contribution < -0.4 is 10.1 Å². The van der Waals surface area contributed by atoms with Crippen LogP contribution in [0.1, 0.15) is 44.0 Å². The molecule has 0 radical (unpaired) electrons. The molecule has 102 valence electrons. The highest BCUT2D eigenvalue weighted by Gasteiger charge is 2.23. The van der Waals surface area contributed by atoms with Crippen LogP contribution in [0.4, 0.5) is 0 Å². The number of rotatable bonds is 7. The van der Waals surface area contributed by atoms with Gasteiger partial charge in [-0.05, 0) is 33.1 Å². The van der Waals surface area contributed by atoms with E-state index in [-0.39, 0.29) is 6.10 Å². The molecule has 0 amide bonds. The maximum absolute atomic E-state index is 6.17. The van der Waals surface area contributed by atoms with Gasteiger partial charge < -0.3 is 10.1 Å². The molecule has 0 saturated heterocycles. The quantitative estimate of drug-likeness (QED) is 0.808. The molecule has 0 bridgehead atoms. The van der Waals surface area contributed by atoms with Crippen LogP contribution in [-0.4, -0.2) is 28.5 Å². The summed E-state index contributed by atoms with van der Waals surface area (Å²) in [4.78, 5) is 0. The number of nitrogens with one attached hydrogen (secondary N) is 1. The first-order valence-electron chi connectivity index (χ1n) is 7.02. The van der Waals surface area contributed by atoms with E-state index in [4.69, 9.17) is 4.74 Å². The predicted octanol–water partition coefficient (Wildman–Crippen LogP) is 2.34.